The first kappa shape index (κ1) is 35.2. The third kappa shape index (κ3) is 5.24. The third-order valence-electron chi connectivity index (χ3n) is 13.6. The zero-order valence-electron chi connectivity index (χ0n) is 33.6. The molecule has 2 aliphatic rings. The van der Waals surface area contributed by atoms with Gasteiger partial charge in [0.1, 0.15) is 0 Å². The van der Waals surface area contributed by atoms with Crippen molar-refractivity contribution in [3.63, 3.8) is 0 Å². The van der Waals surface area contributed by atoms with E-state index < -0.39 is 5.41 Å². The van der Waals surface area contributed by atoms with Gasteiger partial charge in [-0.15, -0.1) is 0 Å². The topological polar surface area (TPSA) is 3.24 Å². The molecule has 0 spiro atoms. The molecule has 0 fully saturated rings. The fourth-order valence-electron chi connectivity index (χ4n) is 10.8. The molecule has 0 atom stereocenters. The minimum absolute atomic E-state index is 0.0281. The average Bonchev–Trinajstić information content (AvgIpc) is 3.76. The van der Waals surface area contributed by atoms with Gasteiger partial charge in [-0.3, -0.25) is 0 Å². The monoisotopic (exact) mass is 755 g/mol. The summed E-state index contributed by atoms with van der Waals surface area (Å²) < 4.78 is 0. The van der Waals surface area contributed by atoms with Gasteiger partial charge in [-0.05, 0) is 139 Å². The Bertz CT molecular complexity index is 2960. The lowest BCUT2D eigenvalue weighted by molar-refractivity contribution is 0.491. The molecule has 0 aliphatic heterocycles. The Morgan fingerprint density at radius 3 is 1.53 bits per heavy atom. The molecule has 59 heavy (non-hydrogen) atoms. The summed E-state index contributed by atoms with van der Waals surface area (Å²) in [7, 11) is 0. The number of benzene rings is 9. The van der Waals surface area contributed by atoms with Crippen LogP contribution in [0, 0.1) is 0 Å². The van der Waals surface area contributed by atoms with E-state index in [4.69, 9.17) is 0 Å². The standard InChI is InChI=1S/C58H45N/c1-3-57(4-2)53-35-33-47(38-52(53)51-36-42-20-14-15-21-43(42)37-55(51)57)59(46-30-28-41(29-31-46)40-18-8-5-9-19-40)48-32-34-50-49-26-16-17-27-54(49)58(56(50)39-48,44-22-10-6-11-23-44)45-24-12-7-13-25-45/h5-39H,3-4H2,1-2H3. The van der Waals surface area contributed by atoms with Crippen LogP contribution in [0.3, 0.4) is 0 Å². The van der Waals surface area contributed by atoms with Gasteiger partial charge in [-0.25, -0.2) is 0 Å². The molecule has 282 valence electrons. The molecule has 0 saturated carbocycles. The van der Waals surface area contributed by atoms with E-state index in [1.54, 1.807) is 0 Å². The average molecular weight is 756 g/mol. The molecule has 0 radical (unpaired) electrons. The Labute approximate surface area is 347 Å². The molecule has 1 heteroatoms. The second-order valence-electron chi connectivity index (χ2n) is 16.3. The number of hydrogen-bond donors (Lipinski definition) is 0. The number of fused-ring (bicyclic) bond motifs is 7. The minimum Gasteiger partial charge on any atom is -0.310 e. The Morgan fingerprint density at radius 1 is 0.339 bits per heavy atom. The molecule has 9 aromatic rings. The van der Waals surface area contributed by atoms with E-state index in [0.29, 0.717) is 0 Å². The second-order valence-corrected chi connectivity index (χ2v) is 16.3. The van der Waals surface area contributed by atoms with Gasteiger partial charge in [0.25, 0.3) is 0 Å². The lowest BCUT2D eigenvalue weighted by Gasteiger charge is -2.35. The molecule has 1 nitrogen and oxygen atoms in total. The molecule has 2 aliphatic carbocycles. The van der Waals surface area contributed by atoms with Crippen LogP contribution in [0.4, 0.5) is 17.1 Å². The highest BCUT2D eigenvalue weighted by Gasteiger charge is 2.46. The smallest absolute Gasteiger partial charge is 0.0714 e. The summed E-state index contributed by atoms with van der Waals surface area (Å²) in [6.07, 6.45) is 2.11. The molecule has 0 saturated heterocycles. The maximum Gasteiger partial charge on any atom is 0.0714 e. The van der Waals surface area contributed by atoms with Crippen LogP contribution in [-0.2, 0) is 10.8 Å². The van der Waals surface area contributed by atoms with Crippen molar-refractivity contribution in [2.75, 3.05) is 4.90 Å². The van der Waals surface area contributed by atoms with Crippen LogP contribution in [0.2, 0.25) is 0 Å². The van der Waals surface area contributed by atoms with Crippen molar-refractivity contribution in [1.82, 2.24) is 0 Å². The van der Waals surface area contributed by atoms with Crippen molar-refractivity contribution >= 4 is 27.8 Å². The molecule has 0 unspecified atom stereocenters. The van der Waals surface area contributed by atoms with Crippen molar-refractivity contribution in [2.45, 2.75) is 37.5 Å². The summed E-state index contributed by atoms with van der Waals surface area (Å²) in [5, 5.41) is 2.60. The predicted molar refractivity (Wildman–Crippen MR) is 248 cm³/mol. The summed E-state index contributed by atoms with van der Waals surface area (Å²) in [5.41, 5.74) is 18.6. The molecule has 0 heterocycles. The molecule has 0 amide bonds. The molecule has 0 bridgehead atoms. The van der Waals surface area contributed by atoms with Crippen molar-refractivity contribution < 1.29 is 0 Å². The summed E-state index contributed by atoms with van der Waals surface area (Å²) in [6, 6.07) is 79.3. The maximum atomic E-state index is 2.48. The van der Waals surface area contributed by atoms with Crippen LogP contribution >= 0.6 is 0 Å². The normalized spacial score (nSPS) is 14.0. The van der Waals surface area contributed by atoms with E-state index in [2.05, 4.69) is 231 Å². The van der Waals surface area contributed by atoms with E-state index in [9.17, 15) is 0 Å². The molecule has 11 rings (SSSR count). The first-order chi connectivity index (χ1) is 29.1. The number of nitrogens with zero attached hydrogens (tertiary/aromatic N) is 1. The lowest BCUT2D eigenvalue weighted by atomic mass is 9.67. The zero-order valence-corrected chi connectivity index (χ0v) is 33.6. The van der Waals surface area contributed by atoms with Crippen LogP contribution in [0.15, 0.2) is 212 Å². The van der Waals surface area contributed by atoms with Gasteiger partial charge in [0.15, 0.2) is 0 Å². The van der Waals surface area contributed by atoms with E-state index in [1.165, 1.54) is 77.5 Å². The highest BCUT2D eigenvalue weighted by molar-refractivity contribution is 5.96. The van der Waals surface area contributed by atoms with E-state index in [-0.39, 0.29) is 5.41 Å². The van der Waals surface area contributed by atoms with Gasteiger partial charge in [0.05, 0.1) is 5.41 Å². The van der Waals surface area contributed by atoms with Crippen LogP contribution < -0.4 is 4.90 Å². The molecular weight excluding hydrogens is 711 g/mol. The summed E-state index contributed by atoms with van der Waals surface area (Å²) >= 11 is 0. The lowest BCUT2D eigenvalue weighted by Crippen LogP contribution is -2.28. The van der Waals surface area contributed by atoms with Gasteiger partial charge in [0.2, 0.25) is 0 Å². The second kappa shape index (κ2) is 13.9. The quantitative estimate of drug-likeness (QED) is 0.149. The van der Waals surface area contributed by atoms with Crippen molar-refractivity contribution in [3.8, 4) is 33.4 Å². The SMILES string of the molecule is CCC1(CC)c2ccc(N(c3ccc(-c4ccccc4)cc3)c3ccc4c(c3)C(c3ccccc3)(c3ccccc3)c3ccccc3-4)cc2-c2cc3ccccc3cc21. The molecular formula is C58H45N. The van der Waals surface area contributed by atoms with Gasteiger partial charge < -0.3 is 4.90 Å². The van der Waals surface area contributed by atoms with Gasteiger partial charge in [0, 0.05) is 22.5 Å². The van der Waals surface area contributed by atoms with Crippen molar-refractivity contribution in [1.29, 1.82) is 0 Å². The molecule has 0 aromatic heterocycles. The summed E-state index contributed by atoms with van der Waals surface area (Å²) in [4.78, 5) is 2.48. The van der Waals surface area contributed by atoms with Crippen molar-refractivity contribution in [3.05, 3.63) is 246 Å². The van der Waals surface area contributed by atoms with Gasteiger partial charge >= 0.3 is 0 Å². The highest BCUT2D eigenvalue weighted by Crippen LogP contribution is 2.58. The summed E-state index contributed by atoms with van der Waals surface area (Å²) in [6.45, 7) is 4.72. The largest absolute Gasteiger partial charge is 0.310 e. The Kier molecular flexibility index (Phi) is 8.27. The number of rotatable bonds is 8. The zero-order chi connectivity index (χ0) is 39.6. The Morgan fingerprint density at radius 2 is 0.847 bits per heavy atom. The van der Waals surface area contributed by atoms with Gasteiger partial charge in [-0.2, -0.15) is 0 Å². The Hall–Kier alpha value is -6.96. The molecule has 9 aromatic carbocycles. The van der Waals surface area contributed by atoms with Crippen LogP contribution in [0.25, 0.3) is 44.2 Å². The van der Waals surface area contributed by atoms with Gasteiger partial charge in [-0.1, -0.05) is 178 Å². The van der Waals surface area contributed by atoms with E-state index in [1.807, 2.05) is 0 Å². The van der Waals surface area contributed by atoms with Crippen LogP contribution in [-0.4, -0.2) is 0 Å². The highest BCUT2D eigenvalue weighted by atomic mass is 15.1. The first-order valence-corrected chi connectivity index (χ1v) is 21.1. The van der Waals surface area contributed by atoms with E-state index >= 15 is 0 Å². The predicted octanol–water partition coefficient (Wildman–Crippen LogP) is 15.4. The first-order valence-electron chi connectivity index (χ1n) is 21.1. The molecule has 0 N–H and O–H groups in total. The summed E-state index contributed by atoms with van der Waals surface area (Å²) in [5.74, 6) is 0. The van der Waals surface area contributed by atoms with Crippen LogP contribution in [0.1, 0.15) is 60.1 Å². The number of anilines is 3. The number of hydrogen-bond acceptors (Lipinski definition) is 1. The Balaban J connectivity index is 1.16. The third-order valence-corrected chi connectivity index (χ3v) is 13.6. The van der Waals surface area contributed by atoms with Crippen LogP contribution in [0.5, 0.6) is 0 Å². The fraction of sp³-hybridized carbons (Fsp3) is 0.103. The maximum absolute atomic E-state index is 2.48. The van der Waals surface area contributed by atoms with Crippen molar-refractivity contribution in [2.24, 2.45) is 0 Å². The van der Waals surface area contributed by atoms with E-state index in [0.717, 1.165) is 29.9 Å². The minimum atomic E-state index is -0.493. The fourth-order valence-corrected chi connectivity index (χ4v) is 10.8.